The van der Waals surface area contributed by atoms with E-state index in [1.807, 2.05) is 12.1 Å². The molecule has 0 aliphatic heterocycles. The second kappa shape index (κ2) is 5.75. The molecule has 19 heavy (non-hydrogen) atoms. The van der Waals surface area contributed by atoms with Crippen molar-refractivity contribution in [1.82, 2.24) is 9.55 Å². The van der Waals surface area contributed by atoms with Gasteiger partial charge in [0.25, 0.3) is 0 Å². The zero-order valence-corrected chi connectivity index (χ0v) is 11.2. The second-order valence-electron chi connectivity index (χ2n) is 3.95. The van der Waals surface area contributed by atoms with Crippen molar-refractivity contribution in [3.8, 4) is 0 Å². The Bertz CT molecular complexity index is 578. The highest BCUT2D eigenvalue weighted by atomic mass is 35.5. The lowest BCUT2D eigenvalue weighted by Crippen LogP contribution is -2.10. The number of hydrogen-bond acceptors (Lipinski definition) is 4. The molecule has 0 spiro atoms. The molecule has 0 fully saturated rings. The summed E-state index contributed by atoms with van der Waals surface area (Å²) in [5, 5.41) is 0.676. The van der Waals surface area contributed by atoms with Crippen LogP contribution in [0.25, 0.3) is 0 Å². The van der Waals surface area contributed by atoms with Crippen molar-refractivity contribution < 1.29 is 9.53 Å². The number of anilines is 1. The minimum atomic E-state index is -0.505. The van der Waals surface area contributed by atoms with E-state index in [1.54, 1.807) is 23.6 Å². The minimum Gasteiger partial charge on any atom is -0.461 e. The number of imidazole rings is 1. The van der Waals surface area contributed by atoms with Gasteiger partial charge in [0.2, 0.25) is 0 Å². The Balaban J connectivity index is 2.18. The number of aromatic nitrogens is 2. The first-order valence-electron chi connectivity index (χ1n) is 5.84. The number of hydrogen-bond donors (Lipinski definition) is 1. The fourth-order valence-electron chi connectivity index (χ4n) is 1.66. The van der Waals surface area contributed by atoms with Gasteiger partial charge in [-0.05, 0) is 24.6 Å². The molecule has 2 aromatic rings. The maximum Gasteiger partial charge on any atom is 0.360 e. The average molecular weight is 280 g/mol. The van der Waals surface area contributed by atoms with Crippen LogP contribution in [0.1, 0.15) is 23.0 Å². The van der Waals surface area contributed by atoms with Crippen molar-refractivity contribution in [2.75, 3.05) is 12.3 Å². The first kappa shape index (κ1) is 13.4. The van der Waals surface area contributed by atoms with Crippen LogP contribution in [0.15, 0.2) is 30.6 Å². The Morgan fingerprint density at radius 3 is 2.74 bits per heavy atom. The molecule has 5 nitrogen and oxygen atoms in total. The molecule has 0 radical (unpaired) electrons. The van der Waals surface area contributed by atoms with Crippen molar-refractivity contribution >= 4 is 23.4 Å². The molecule has 0 saturated heterocycles. The number of carbonyl (C=O) groups excluding carboxylic acids is 1. The standard InChI is InChI=1S/C13H14ClN3O2/c1-2-19-13(18)11-12(15)17(8-16-11)7-9-3-5-10(14)6-4-9/h3-6,8H,2,7,15H2,1H3. The molecule has 1 aromatic carbocycles. The fourth-order valence-corrected chi connectivity index (χ4v) is 1.79. The fraction of sp³-hybridized carbons (Fsp3) is 0.231. The summed E-state index contributed by atoms with van der Waals surface area (Å²) in [6, 6.07) is 7.39. The van der Waals surface area contributed by atoms with Gasteiger partial charge >= 0.3 is 5.97 Å². The van der Waals surface area contributed by atoms with E-state index in [0.29, 0.717) is 24.0 Å². The van der Waals surface area contributed by atoms with E-state index < -0.39 is 5.97 Å². The van der Waals surface area contributed by atoms with Crippen molar-refractivity contribution in [3.63, 3.8) is 0 Å². The Morgan fingerprint density at radius 2 is 2.11 bits per heavy atom. The smallest absolute Gasteiger partial charge is 0.360 e. The van der Waals surface area contributed by atoms with E-state index in [-0.39, 0.29) is 5.69 Å². The van der Waals surface area contributed by atoms with E-state index >= 15 is 0 Å². The molecule has 2 N–H and O–H groups in total. The third-order valence-corrected chi connectivity index (χ3v) is 2.87. The largest absolute Gasteiger partial charge is 0.461 e. The highest BCUT2D eigenvalue weighted by Crippen LogP contribution is 2.15. The molecule has 1 heterocycles. The highest BCUT2D eigenvalue weighted by Gasteiger charge is 2.16. The topological polar surface area (TPSA) is 70.1 Å². The number of carbonyl (C=O) groups is 1. The van der Waals surface area contributed by atoms with Crippen molar-refractivity contribution in [3.05, 3.63) is 46.9 Å². The number of nitrogen functional groups attached to an aromatic ring is 1. The third-order valence-electron chi connectivity index (χ3n) is 2.61. The maximum absolute atomic E-state index is 11.6. The number of rotatable bonds is 4. The Kier molecular flexibility index (Phi) is 4.06. The van der Waals surface area contributed by atoms with E-state index in [0.717, 1.165) is 5.56 Å². The average Bonchev–Trinajstić information content (AvgIpc) is 2.74. The van der Waals surface area contributed by atoms with Crippen LogP contribution in [0.2, 0.25) is 5.02 Å². The Morgan fingerprint density at radius 1 is 1.42 bits per heavy atom. The number of nitrogens with zero attached hydrogens (tertiary/aromatic N) is 2. The van der Waals surface area contributed by atoms with Crippen LogP contribution in [0.3, 0.4) is 0 Å². The van der Waals surface area contributed by atoms with Crippen LogP contribution in [0.4, 0.5) is 5.82 Å². The quantitative estimate of drug-likeness (QED) is 0.872. The van der Waals surface area contributed by atoms with Crippen molar-refractivity contribution in [2.45, 2.75) is 13.5 Å². The molecule has 100 valence electrons. The molecule has 0 unspecified atom stereocenters. The highest BCUT2D eigenvalue weighted by molar-refractivity contribution is 6.30. The molecular weight excluding hydrogens is 266 g/mol. The van der Waals surface area contributed by atoms with Gasteiger partial charge in [0.15, 0.2) is 5.69 Å². The number of halogens is 1. The Labute approximate surface area is 116 Å². The van der Waals surface area contributed by atoms with E-state index in [1.165, 1.54) is 6.33 Å². The van der Waals surface area contributed by atoms with E-state index in [9.17, 15) is 4.79 Å². The summed E-state index contributed by atoms with van der Waals surface area (Å²) in [7, 11) is 0. The van der Waals surface area contributed by atoms with Crippen LogP contribution in [-0.2, 0) is 11.3 Å². The summed E-state index contributed by atoms with van der Waals surface area (Å²) in [6.45, 7) is 2.55. The lowest BCUT2D eigenvalue weighted by atomic mass is 10.2. The molecule has 0 amide bonds. The van der Waals surface area contributed by atoms with Crippen LogP contribution in [0, 0.1) is 0 Å². The van der Waals surface area contributed by atoms with Crippen LogP contribution >= 0.6 is 11.6 Å². The third kappa shape index (κ3) is 3.06. The molecule has 0 saturated carbocycles. The first-order valence-corrected chi connectivity index (χ1v) is 6.21. The predicted octanol–water partition coefficient (Wildman–Crippen LogP) is 2.34. The zero-order valence-electron chi connectivity index (χ0n) is 10.5. The summed E-state index contributed by atoms with van der Waals surface area (Å²) in [6.07, 6.45) is 1.52. The van der Waals surface area contributed by atoms with Crippen molar-refractivity contribution in [2.24, 2.45) is 0 Å². The maximum atomic E-state index is 11.6. The molecule has 0 atom stereocenters. The zero-order chi connectivity index (χ0) is 13.8. The lowest BCUT2D eigenvalue weighted by Gasteiger charge is -2.06. The van der Waals surface area contributed by atoms with Gasteiger partial charge in [0, 0.05) is 5.02 Å². The Hall–Kier alpha value is -2.01. The number of esters is 1. The number of benzene rings is 1. The van der Waals surface area contributed by atoms with Gasteiger partial charge in [-0.15, -0.1) is 0 Å². The monoisotopic (exact) mass is 279 g/mol. The summed E-state index contributed by atoms with van der Waals surface area (Å²) in [5.41, 5.74) is 7.05. The van der Waals surface area contributed by atoms with Crippen LogP contribution < -0.4 is 5.73 Å². The van der Waals surface area contributed by atoms with Gasteiger partial charge in [0.1, 0.15) is 5.82 Å². The summed E-state index contributed by atoms with van der Waals surface area (Å²) >= 11 is 5.82. The first-order chi connectivity index (χ1) is 9.11. The van der Waals surface area contributed by atoms with Gasteiger partial charge in [-0.2, -0.15) is 0 Å². The van der Waals surface area contributed by atoms with Crippen LogP contribution in [-0.4, -0.2) is 22.1 Å². The number of nitrogens with two attached hydrogens (primary N) is 1. The molecule has 2 rings (SSSR count). The van der Waals surface area contributed by atoms with Gasteiger partial charge in [-0.3, -0.25) is 0 Å². The molecule has 0 bridgehead atoms. The van der Waals surface area contributed by atoms with Crippen molar-refractivity contribution in [1.29, 1.82) is 0 Å². The normalized spacial score (nSPS) is 10.4. The molecule has 0 aliphatic rings. The van der Waals surface area contributed by atoms with Crippen LogP contribution in [0.5, 0.6) is 0 Å². The van der Waals surface area contributed by atoms with Gasteiger partial charge in [-0.25, -0.2) is 9.78 Å². The lowest BCUT2D eigenvalue weighted by molar-refractivity contribution is 0.0521. The minimum absolute atomic E-state index is 0.149. The summed E-state index contributed by atoms with van der Waals surface area (Å²) in [4.78, 5) is 15.6. The molecular formula is C13H14ClN3O2. The second-order valence-corrected chi connectivity index (χ2v) is 4.39. The van der Waals surface area contributed by atoms with Gasteiger partial charge in [-0.1, -0.05) is 23.7 Å². The molecule has 0 aliphatic carbocycles. The summed E-state index contributed by atoms with van der Waals surface area (Å²) < 4.78 is 6.57. The predicted molar refractivity (Wildman–Crippen MR) is 73.1 cm³/mol. The van der Waals surface area contributed by atoms with E-state index in [2.05, 4.69) is 4.98 Å². The number of ether oxygens (including phenoxy) is 1. The van der Waals surface area contributed by atoms with Gasteiger partial charge < -0.3 is 15.0 Å². The SMILES string of the molecule is CCOC(=O)c1ncn(Cc2ccc(Cl)cc2)c1N. The summed E-state index contributed by atoms with van der Waals surface area (Å²) in [5.74, 6) is -0.205. The van der Waals surface area contributed by atoms with Gasteiger partial charge in [0.05, 0.1) is 19.5 Å². The van der Waals surface area contributed by atoms with E-state index in [4.69, 9.17) is 22.1 Å². The molecule has 6 heteroatoms. The molecule has 1 aromatic heterocycles.